The van der Waals surface area contributed by atoms with Crippen molar-refractivity contribution in [2.24, 2.45) is 10.2 Å². The molecule has 3 aromatic rings. The predicted molar refractivity (Wildman–Crippen MR) is 149 cm³/mol. The van der Waals surface area contributed by atoms with Gasteiger partial charge in [0.2, 0.25) is 5.91 Å². The zero-order valence-electron chi connectivity index (χ0n) is 21.7. The number of carbonyl (C=O) groups is 3. The van der Waals surface area contributed by atoms with Crippen molar-refractivity contribution in [3.05, 3.63) is 91.0 Å². The molecule has 1 aliphatic rings. The second-order valence-corrected chi connectivity index (χ2v) is 9.19. The highest BCUT2D eigenvalue weighted by atomic mass is 35.5. The fraction of sp³-hybridized carbons (Fsp3) is 0.192. The van der Waals surface area contributed by atoms with E-state index in [0.29, 0.717) is 29.9 Å². The van der Waals surface area contributed by atoms with Gasteiger partial charge in [-0.15, -0.1) is 10.2 Å². The topological polar surface area (TPSA) is 181 Å². The number of imide groups is 1. The van der Waals surface area contributed by atoms with Crippen molar-refractivity contribution in [1.82, 2.24) is 4.90 Å². The molecule has 15 heteroatoms. The van der Waals surface area contributed by atoms with Gasteiger partial charge in [0.1, 0.15) is 5.69 Å². The molecule has 3 aromatic carbocycles. The normalized spacial score (nSPS) is 12.5. The van der Waals surface area contributed by atoms with Crippen LogP contribution in [0.2, 0.25) is 5.02 Å². The molecule has 0 radical (unpaired) electrons. The van der Waals surface area contributed by atoms with E-state index in [-0.39, 0.29) is 34.8 Å². The van der Waals surface area contributed by atoms with Crippen molar-refractivity contribution in [2.45, 2.75) is 13.8 Å². The van der Waals surface area contributed by atoms with Gasteiger partial charge in [-0.3, -0.25) is 39.5 Å². The summed E-state index contributed by atoms with van der Waals surface area (Å²) < 4.78 is 0. The molecule has 1 N–H and O–H groups in total. The average Bonchev–Trinajstić information content (AvgIpc) is 3.17. The van der Waals surface area contributed by atoms with Crippen LogP contribution in [-0.4, -0.2) is 52.1 Å². The van der Waals surface area contributed by atoms with E-state index in [4.69, 9.17) is 11.6 Å². The average molecular weight is 580 g/mol. The summed E-state index contributed by atoms with van der Waals surface area (Å²) in [6, 6.07) is 13.0. The molecule has 14 nitrogen and oxygen atoms in total. The van der Waals surface area contributed by atoms with E-state index in [1.165, 1.54) is 17.9 Å². The maximum Gasteiger partial charge on any atom is 0.305 e. The number of nitro groups is 2. The Morgan fingerprint density at radius 3 is 2.22 bits per heavy atom. The van der Waals surface area contributed by atoms with Crippen molar-refractivity contribution in [3.63, 3.8) is 0 Å². The highest BCUT2D eigenvalue weighted by Gasteiger charge is 2.35. The third-order valence-electron chi connectivity index (χ3n) is 6.20. The predicted octanol–water partition coefficient (Wildman–Crippen LogP) is 5.65. The van der Waals surface area contributed by atoms with Gasteiger partial charge in [0.15, 0.2) is 5.69 Å². The number of carbonyl (C=O) groups excluding carboxylic acids is 3. The van der Waals surface area contributed by atoms with Crippen molar-refractivity contribution >= 4 is 63.4 Å². The molecular weight excluding hydrogens is 558 g/mol. The molecule has 0 aromatic heterocycles. The number of amides is 3. The van der Waals surface area contributed by atoms with Crippen molar-refractivity contribution in [3.8, 4) is 0 Å². The summed E-state index contributed by atoms with van der Waals surface area (Å²) in [4.78, 5) is 61.3. The maximum absolute atomic E-state index is 12.7. The van der Waals surface area contributed by atoms with E-state index in [0.717, 1.165) is 12.1 Å². The van der Waals surface area contributed by atoms with Gasteiger partial charge in [-0.2, -0.15) is 0 Å². The third-order valence-corrected chi connectivity index (χ3v) is 6.49. The fourth-order valence-corrected chi connectivity index (χ4v) is 4.49. The molecule has 1 heterocycles. The van der Waals surface area contributed by atoms with Gasteiger partial charge in [0.25, 0.3) is 17.5 Å². The van der Waals surface area contributed by atoms with Crippen molar-refractivity contribution in [2.75, 3.05) is 29.9 Å². The number of hydrogen-bond acceptors (Lipinski definition) is 10. The van der Waals surface area contributed by atoms with E-state index in [1.54, 1.807) is 36.4 Å². The molecule has 210 valence electrons. The summed E-state index contributed by atoms with van der Waals surface area (Å²) in [6.07, 6.45) is 0. The number of anilines is 2. The van der Waals surface area contributed by atoms with E-state index < -0.39 is 32.8 Å². The Morgan fingerprint density at radius 2 is 1.66 bits per heavy atom. The summed E-state index contributed by atoms with van der Waals surface area (Å²) in [6.45, 7) is 4.08. The van der Waals surface area contributed by atoms with Gasteiger partial charge in [-0.1, -0.05) is 23.7 Å². The monoisotopic (exact) mass is 579 g/mol. The highest BCUT2D eigenvalue weighted by Crippen LogP contribution is 2.40. The van der Waals surface area contributed by atoms with Gasteiger partial charge >= 0.3 is 5.69 Å². The molecule has 0 fully saturated rings. The Balaban J connectivity index is 1.60. The Kier molecular flexibility index (Phi) is 8.33. The van der Waals surface area contributed by atoms with E-state index in [2.05, 4.69) is 15.5 Å². The number of likely N-dealkylation sites (N-methyl/N-ethyl adjacent to an activating group) is 1. The lowest BCUT2D eigenvalue weighted by Crippen LogP contribution is -2.38. The number of nitrogens with one attached hydrogen (secondary N) is 1. The SMILES string of the molecule is CCN(CCN1C(=O)c2ccccc2C1=O)c1ccc(/N=N/c2c(Cl)cc([N+](=O)[O-])cc2[N+](=O)[O-])c(NC(C)=O)c1. The van der Waals surface area contributed by atoms with Crippen LogP contribution >= 0.6 is 11.6 Å². The number of non-ortho nitro benzene ring substituents is 1. The number of fused-ring (bicyclic) bond motifs is 1. The lowest BCUT2D eigenvalue weighted by Gasteiger charge is -2.26. The first-order valence-corrected chi connectivity index (χ1v) is 12.6. The first-order chi connectivity index (χ1) is 19.5. The molecule has 0 aliphatic carbocycles. The van der Waals surface area contributed by atoms with Crippen LogP contribution in [0, 0.1) is 20.2 Å². The summed E-state index contributed by atoms with van der Waals surface area (Å²) >= 11 is 6.05. The third kappa shape index (κ3) is 6.01. The van der Waals surface area contributed by atoms with Gasteiger partial charge in [0, 0.05) is 38.3 Å². The Hall–Kier alpha value is -5.24. The van der Waals surface area contributed by atoms with Crippen LogP contribution in [0.15, 0.2) is 64.8 Å². The highest BCUT2D eigenvalue weighted by molar-refractivity contribution is 6.33. The zero-order chi connectivity index (χ0) is 29.8. The van der Waals surface area contributed by atoms with E-state index in [9.17, 15) is 34.6 Å². The van der Waals surface area contributed by atoms with Crippen LogP contribution < -0.4 is 10.2 Å². The summed E-state index contributed by atoms with van der Waals surface area (Å²) in [5, 5.41) is 32.7. The molecule has 0 saturated heterocycles. The molecule has 1 aliphatic heterocycles. The molecule has 0 spiro atoms. The summed E-state index contributed by atoms with van der Waals surface area (Å²) in [7, 11) is 0. The minimum atomic E-state index is -0.863. The fourth-order valence-electron chi connectivity index (χ4n) is 4.25. The van der Waals surface area contributed by atoms with Crippen LogP contribution in [0.25, 0.3) is 0 Å². The Labute approximate surface area is 237 Å². The lowest BCUT2D eigenvalue weighted by molar-refractivity contribution is -0.393. The quantitative estimate of drug-likeness (QED) is 0.138. The van der Waals surface area contributed by atoms with Crippen LogP contribution in [0.3, 0.4) is 0 Å². The second-order valence-electron chi connectivity index (χ2n) is 8.78. The number of halogens is 1. The first-order valence-electron chi connectivity index (χ1n) is 12.2. The molecule has 0 unspecified atom stereocenters. The number of nitro benzene ring substituents is 2. The van der Waals surface area contributed by atoms with Crippen molar-refractivity contribution < 1.29 is 24.2 Å². The molecule has 4 rings (SSSR count). The zero-order valence-corrected chi connectivity index (χ0v) is 22.5. The van der Waals surface area contributed by atoms with Crippen LogP contribution in [-0.2, 0) is 4.79 Å². The number of azo groups is 1. The molecule has 3 amide bonds. The first kappa shape index (κ1) is 28.8. The van der Waals surface area contributed by atoms with Crippen molar-refractivity contribution in [1.29, 1.82) is 0 Å². The van der Waals surface area contributed by atoms with Crippen LogP contribution in [0.4, 0.5) is 34.1 Å². The number of nitrogens with zero attached hydrogens (tertiary/aromatic N) is 6. The molecule has 0 bridgehead atoms. The van der Waals surface area contributed by atoms with Crippen LogP contribution in [0.5, 0.6) is 0 Å². The Morgan fingerprint density at radius 1 is 1.00 bits per heavy atom. The number of benzene rings is 3. The van der Waals surface area contributed by atoms with Gasteiger partial charge in [-0.05, 0) is 37.3 Å². The standard InChI is InChI=1S/C26H22ClN7O7/c1-3-31(10-11-32-25(36)18-6-4-5-7-19(18)26(32)37)16-8-9-21(22(13-16)28-15(2)35)29-30-24-20(27)12-17(33(38)39)14-23(24)34(40)41/h4-9,12-14H,3,10-11H2,1-2H3,(H,28,35)/b30-29+. The molecule has 41 heavy (non-hydrogen) atoms. The van der Waals surface area contributed by atoms with Gasteiger partial charge in [-0.25, -0.2) is 0 Å². The molecule has 0 atom stereocenters. The molecular formula is C26H22ClN7O7. The maximum atomic E-state index is 12.7. The second kappa shape index (κ2) is 11.9. The summed E-state index contributed by atoms with van der Waals surface area (Å²) in [5.74, 6) is -1.15. The van der Waals surface area contributed by atoms with Gasteiger partial charge < -0.3 is 10.2 Å². The smallest absolute Gasteiger partial charge is 0.305 e. The van der Waals surface area contributed by atoms with Gasteiger partial charge in [0.05, 0.1) is 37.7 Å². The largest absolute Gasteiger partial charge is 0.370 e. The summed E-state index contributed by atoms with van der Waals surface area (Å²) in [5.41, 5.74) is 0.0130. The Bertz CT molecular complexity index is 1590. The van der Waals surface area contributed by atoms with Crippen LogP contribution in [0.1, 0.15) is 34.6 Å². The number of rotatable bonds is 10. The number of hydrogen-bond donors (Lipinski definition) is 1. The van der Waals surface area contributed by atoms with E-state index >= 15 is 0 Å². The minimum absolute atomic E-state index is 0.124. The van der Waals surface area contributed by atoms with E-state index in [1.807, 2.05) is 11.8 Å². The lowest BCUT2D eigenvalue weighted by atomic mass is 10.1. The minimum Gasteiger partial charge on any atom is -0.370 e. The molecule has 0 saturated carbocycles.